The zero-order valence-electron chi connectivity index (χ0n) is 14.8. The molecule has 0 atom stereocenters. The Morgan fingerprint density at radius 2 is 2.17 bits per heavy atom. The van der Waals surface area contributed by atoms with E-state index in [4.69, 9.17) is 14.1 Å². The first-order valence-electron chi connectivity index (χ1n) is 8.74. The van der Waals surface area contributed by atoms with Gasteiger partial charge in [0.1, 0.15) is 5.76 Å². The molecule has 5 nitrogen and oxygen atoms in total. The largest absolute Gasteiger partial charge is 0.469 e. The molecule has 1 N–H and O–H groups in total. The Morgan fingerprint density at radius 1 is 1.39 bits per heavy atom. The predicted octanol–water partition coefficient (Wildman–Crippen LogP) is 2.78. The molecule has 1 aromatic rings. The van der Waals surface area contributed by atoms with Gasteiger partial charge in [0.25, 0.3) is 0 Å². The van der Waals surface area contributed by atoms with Gasteiger partial charge in [-0.1, -0.05) is 13.8 Å². The van der Waals surface area contributed by atoms with Crippen LogP contribution in [-0.4, -0.2) is 50.8 Å². The van der Waals surface area contributed by atoms with Crippen molar-refractivity contribution in [1.29, 1.82) is 0 Å². The Balaban J connectivity index is 1.85. The van der Waals surface area contributed by atoms with E-state index in [0.29, 0.717) is 11.8 Å². The molecule has 0 aromatic carbocycles. The van der Waals surface area contributed by atoms with Crippen molar-refractivity contribution in [2.45, 2.75) is 33.1 Å². The number of guanidine groups is 1. The summed E-state index contributed by atoms with van der Waals surface area (Å²) in [7, 11) is 2.13. The summed E-state index contributed by atoms with van der Waals surface area (Å²) in [6.07, 6.45) is 4.89. The molecule has 2 rings (SSSR count). The molecule has 1 aliphatic heterocycles. The van der Waals surface area contributed by atoms with Crippen LogP contribution < -0.4 is 5.32 Å². The summed E-state index contributed by atoms with van der Waals surface area (Å²) in [6, 6.07) is 3.94. The Kier molecular flexibility index (Phi) is 7.46. The third kappa shape index (κ3) is 6.65. The smallest absolute Gasteiger partial charge is 0.193 e. The minimum atomic E-state index is 0.563. The third-order valence-electron chi connectivity index (χ3n) is 4.08. The summed E-state index contributed by atoms with van der Waals surface area (Å²) in [5.74, 6) is 3.27. The molecule has 23 heavy (non-hydrogen) atoms. The van der Waals surface area contributed by atoms with Crippen LogP contribution in [0.2, 0.25) is 0 Å². The van der Waals surface area contributed by atoms with Crippen molar-refractivity contribution in [3.05, 3.63) is 24.2 Å². The van der Waals surface area contributed by atoms with Crippen LogP contribution in [0.15, 0.2) is 27.8 Å². The Bertz CT molecular complexity index is 451. The minimum Gasteiger partial charge on any atom is -0.469 e. The number of nitrogens with one attached hydrogen (secondary N) is 1. The zero-order chi connectivity index (χ0) is 16.5. The molecule has 0 bridgehead atoms. The lowest BCUT2D eigenvalue weighted by Gasteiger charge is -2.29. The Morgan fingerprint density at radius 3 is 2.83 bits per heavy atom. The van der Waals surface area contributed by atoms with Gasteiger partial charge in [0.05, 0.1) is 6.26 Å². The fraction of sp³-hybridized carbons (Fsp3) is 0.722. The van der Waals surface area contributed by atoms with Gasteiger partial charge in [0.2, 0.25) is 0 Å². The van der Waals surface area contributed by atoms with Crippen molar-refractivity contribution < 1.29 is 9.15 Å². The molecule has 5 heteroatoms. The van der Waals surface area contributed by atoms with Crippen molar-refractivity contribution in [1.82, 2.24) is 10.2 Å². The molecule has 0 amide bonds. The molecule has 1 aromatic heterocycles. The molecule has 1 saturated heterocycles. The first-order valence-corrected chi connectivity index (χ1v) is 8.74. The van der Waals surface area contributed by atoms with Gasteiger partial charge in [0.15, 0.2) is 5.96 Å². The molecule has 0 spiro atoms. The van der Waals surface area contributed by atoms with Gasteiger partial charge < -0.3 is 19.4 Å². The maximum atomic E-state index is 5.45. The molecular weight excluding hydrogens is 290 g/mol. The maximum absolute atomic E-state index is 5.45. The van der Waals surface area contributed by atoms with Crippen LogP contribution >= 0.6 is 0 Å². The lowest BCUT2D eigenvalue weighted by molar-refractivity contribution is 0.0610. The van der Waals surface area contributed by atoms with Crippen LogP contribution in [0.5, 0.6) is 0 Å². The fourth-order valence-electron chi connectivity index (χ4n) is 2.74. The van der Waals surface area contributed by atoms with E-state index in [1.54, 1.807) is 6.26 Å². The number of furan rings is 1. The quantitative estimate of drug-likeness (QED) is 0.620. The summed E-state index contributed by atoms with van der Waals surface area (Å²) < 4.78 is 10.8. The molecule has 0 radical (unpaired) electrons. The average Bonchev–Trinajstić information content (AvgIpc) is 3.04. The summed E-state index contributed by atoms with van der Waals surface area (Å²) in [4.78, 5) is 7.04. The van der Waals surface area contributed by atoms with Crippen LogP contribution in [0.1, 0.15) is 32.4 Å². The van der Waals surface area contributed by atoms with Crippen LogP contribution in [0, 0.1) is 11.8 Å². The molecule has 0 unspecified atom stereocenters. The van der Waals surface area contributed by atoms with E-state index in [-0.39, 0.29) is 0 Å². The van der Waals surface area contributed by atoms with Crippen molar-refractivity contribution in [2.75, 3.05) is 39.9 Å². The monoisotopic (exact) mass is 321 g/mol. The second-order valence-corrected chi connectivity index (χ2v) is 6.75. The van der Waals surface area contributed by atoms with Crippen molar-refractivity contribution >= 4 is 5.96 Å². The lowest BCUT2D eigenvalue weighted by Crippen LogP contribution is -2.43. The van der Waals surface area contributed by atoms with Gasteiger partial charge in [-0.25, -0.2) is 0 Å². The topological polar surface area (TPSA) is 50.0 Å². The highest BCUT2D eigenvalue weighted by atomic mass is 16.5. The zero-order valence-corrected chi connectivity index (χ0v) is 14.8. The molecule has 0 aliphatic carbocycles. The highest BCUT2D eigenvalue weighted by Crippen LogP contribution is 2.15. The van der Waals surface area contributed by atoms with Gasteiger partial charge in [-0.05, 0) is 36.8 Å². The molecule has 130 valence electrons. The summed E-state index contributed by atoms with van der Waals surface area (Å²) in [5, 5.41) is 3.49. The number of ether oxygens (including phenoxy) is 1. The molecule has 2 heterocycles. The van der Waals surface area contributed by atoms with E-state index in [1.807, 2.05) is 12.1 Å². The fourth-order valence-corrected chi connectivity index (χ4v) is 2.74. The van der Waals surface area contributed by atoms with E-state index in [9.17, 15) is 0 Å². The van der Waals surface area contributed by atoms with Crippen molar-refractivity contribution in [2.24, 2.45) is 16.8 Å². The van der Waals surface area contributed by atoms with Gasteiger partial charge in [-0.15, -0.1) is 0 Å². The standard InChI is InChI=1S/C18H31N3O2/c1-15(2)13-20-18(19-9-6-17-5-4-10-23-17)21(3)14-16-7-11-22-12-8-16/h4-5,10,15-16H,6-9,11-14H2,1-3H3,(H,19,20). The summed E-state index contributed by atoms with van der Waals surface area (Å²) >= 11 is 0. The molecule has 0 saturated carbocycles. The van der Waals surface area contributed by atoms with Gasteiger partial charge in [0, 0.05) is 46.3 Å². The third-order valence-corrected chi connectivity index (χ3v) is 4.08. The van der Waals surface area contributed by atoms with Crippen LogP contribution in [0.3, 0.4) is 0 Å². The van der Waals surface area contributed by atoms with Crippen LogP contribution in [0.25, 0.3) is 0 Å². The maximum Gasteiger partial charge on any atom is 0.193 e. The van der Waals surface area contributed by atoms with Gasteiger partial charge in [-0.2, -0.15) is 0 Å². The number of hydrogen-bond donors (Lipinski definition) is 1. The van der Waals surface area contributed by atoms with E-state index in [0.717, 1.165) is 63.8 Å². The number of hydrogen-bond acceptors (Lipinski definition) is 3. The molecule has 1 aliphatic rings. The Labute approximate surface area is 140 Å². The first-order chi connectivity index (χ1) is 11.1. The summed E-state index contributed by atoms with van der Waals surface area (Å²) in [5.41, 5.74) is 0. The number of rotatable bonds is 7. The van der Waals surface area contributed by atoms with E-state index in [2.05, 4.69) is 31.1 Å². The van der Waals surface area contributed by atoms with Crippen LogP contribution in [-0.2, 0) is 11.2 Å². The number of aliphatic imine (C=N–C) groups is 1. The van der Waals surface area contributed by atoms with Crippen molar-refractivity contribution in [3.63, 3.8) is 0 Å². The van der Waals surface area contributed by atoms with Gasteiger partial charge in [-0.3, -0.25) is 4.99 Å². The summed E-state index contributed by atoms with van der Waals surface area (Å²) in [6.45, 7) is 8.90. The number of nitrogens with zero attached hydrogens (tertiary/aromatic N) is 2. The predicted molar refractivity (Wildman–Crippen MR) is 93.7 cm³/mol. The molecule has 1 fully saturated rings. The normalized spacial score (nSPS) is 16.8. The van der Waals surface area contributed by atoms with Crippen molar-refractivity contribution in [3.8, 4) is 0 Å². The minimum absolute atomic E-state index is 0.563. The Hall–Kier alpha value is -1.49. The second kappa shape index (κ2) is 9.60. The SMILES string of the molecule is CC(C)CN=C(NCCc1ccco1)N(C)CC1CCOCC1. The van der Waals surface area contributed by atoms with Gasteiger partial charge >= 0.3 is 0 Å². The lowest BCUT2D eigenvalue weighted by atomic mass is 10.00. The average molecular weight is 321 g/mol. The highest BCUT2D eigenvalue weighted by molar-refractivity contribution is 5.79. The van der Waals surface area contributed by atoms with E-state index >= 15 is 0 Å². The first kappa shape index (κ1) is 17.9. The highest BCUT2D eigenvalue weighted by Gasteiger charge is 2.17. The van der Waals surface area contributed by atoms with E-state index in [1.165, 1.54) is 0 Å². The second-order valence-electron chi connectivity index (χ2n) is 6.75. The van der Waals surface area contributed by atoms with Crippen LogP contribution in [0.4, 0.5) is 0 Å². The molecular formula is C18H31N3O2. The van der Waals surface area contributed by atoms with E-state index < -0.39 is 0 Å².